The monoisotopic (exact) mass is 363 g/mol. The second kappa shape index (κ2) is 7.57. The standard InChI is InChI=1S/C20H21N5O2/c26-19-11-10-17(23-24(19)14-15-6-2-1-3-7-15)20(27)22-18-12-13-21-25(18)16-8-4-5-9-16/h1-3,6-7,10-13,16H,4-5,8-9,14H2,(H,22,27). The van der Waals surface area contributed by atoms with Crippen LogP contribution in [0.4, 0.5) is 5.82 Å². The largest absolute Gasteiger partial charge is 0.305 e. The maximum atomic E-state index is 12.7. The number of hydrogen-bond acceptors (Lipinski definition) is 4. The summed E-state index contributed by atoms with van der Waals surface area (Å²) in [6.07, 6.45) is 6.21. The van der Waals surface area contributed by atoms with Crippen molar-refractivity contribution in [1.82, 2.24) is 19.6 Å². The van der Waals surface area contributed by atoms with Crippen LogP contribution in [0, 0.1) is 0 Å². The predicted molar refractivity (Wildman–Crippen MR) is 102 cm³/mol. The van der Waals surface area contributed by atoms with Gasteiger partial charge >= 0.3 is 0 Å². The van der Waals surface area contributed by atoms with Crippen molar-refractivity contribution in [3.05, 3.63) is 76.3 Å². The third-order valence-electron chi connectivity index (χ3n) is 4.86. The molecule has 0 atom stereocenters. The lowest BCUT2D eigenvalue weighted by atomic mass is 10.2. The van der Waals surface area contributed by atoms with E-state index in [1.807, 2.05) is 35.0 Å². The molecule has 2 heterocycles. The van der Waals surface area contributed by atoms with Crippen LogP contribution in [0.5, 0.6) is 0 Å². The second-order valence-electron chi connectivity index (χ2n) is 6.75. The molecule has 0 unspecified atom stereocenters. The SMILES string of the molecule is O=C(Nc1ccnn1C1CCCC1)c1ccc(=O)n(Cc2ccccc2)n1. The van der Waals surface area contributed by atoms with Crippen molar-refractivity contribution in [1.29, 1.82) is 0 Å². The number of carbonyl (C=O) groups excluding carboxylic acids is 1. The van der Waals surface area contributed by atoms with Crippen molar-refractivity contribution in [3.8, 4) is 0 Å². The lowest BCUT2D eigenvalue weighted by Crippen LogP contribution is -2.27. The van der Waals surface area contributed by atoms with E-state index in [-0.39, 0.29) is 17.2 Å². The Morgan fingerprint density at radius 1 is 1.07 bits per heavy atom. The summed E-state index contributed by atoms with van der Waals surface area (Å²) in [6.45, 7) is 0.320. The summed E-state index contributed by atoms with van der Waals surface area (Å²) >= 11 is 0. The normalized spacial score (nSPS) is 14.4. The molecule has 0 radical (unpaired) electrons. The van der Waals surface area contributed by atoms with Gasteiger partial charge in [-0.25, -0.2) is 9.36 Å². The summed E-state index contributed by atoms with van der Waals surface area (Å²) < 4.78 is 3.18. The molecule has 0 saturated heterocycles. The number of nitrogens with one attached hydrogen (secondary N) is 1. The summed E-state index contributed by atoms with van der Waals surface area (Å²) in [5.74, 6) is 0.311. The topological polar surface area (TPSA) is 81.8 Å². The highest BCUT2D eigenvalue weighted by Crippen LogP contribution is 2.31. The molecule has 1 aromatic carbocycles. The fourth-order valence-electron chi connectivity index (χ4n) is 3.47. The van der Waals surface area contributed by atoms with Gasteiger partial charge in [-0.15, -0.1) is 0 Å². The maximum Gasteiger partial charge on any atom is 0.277 e. The summed E-state index contributed by atoms with van der Waals surface area (Å²) in [4.78, 5) is 24.8. The third-order valence-corrected chi connectivity index (χ3v) is 4.86. The molecule has 138 valence electrons. The van der Waals surface area contributed by atoms with Crippen molar-refractivity contribution < 1.29 is 4.79 Å². The first kappa shape index (κ1) is 17.2. The first-order valence-electron chi connectivity index (χ1n) is 9.18. The molecule has 0 bridgehead atoms. The minimum atomic E-state index is -0.350. The maximum absolute atomic E-state index is 12.7. The highest BCUT2D eigenvalue weighted by molar-refractivity contribution is 6.02. The Labute approximate surface area is 156 Å². The van der Waals surface area contributed by atoms with Crippen LogP contribution in [0.15, 0.2) is 59.5 Å². The van der Waals surface area contributed by atoms with E-state index in [1.165, 1.54) is 29.7 Å². The first-order chi connectivity index (χ1) is 13.2. The van der Waals surface area contributed by atoms with Crippen LogP contribution >= 0.6 is 0 Å². The van der Waals surface area contributed by atoms with E-state index in [0.717, 1.165) is 18.4 Å². The third kappa shape index (κ3) is 3.81. The van der Waals surface area contributed by atoms with Crippen molar-refractivity contribution in [3.63, 3.8) is 0 Å². The minimum Gasteiger partial charge on any atom is -0.305 e. The van der Waals surface area contributed by atoms with E-state index < -0.39 is 0 Å². The van der Waals surface area contributed by atoms with Gasteiger partial charge in [-0.2, -0.15) is 10.2 Å². The van der Waals surface area contributed by atoms with Crippen molar-refractivity contribution in [2.45, 2.75) is 38.3 Å². The fourth-order valence-corrected chi connectivity index (χ4v) is 3.47. The number of nitrogens with zero attached hydrogens (tertiary/aromatic N) is 4. The Bertz CT molecular complexity index is 987. The number of aromatic nitrogens is 4. The molecule has 1 fully saturated rings. The van der Waals surface area contributed by atoms with Crippen LogP contribution in [0.2, 0.25) is 0 Å². The number of benzene rings is 1. The molecule has 1 amide bonds. The molecule has 1 aliphatic rings. The highest BCUT2D eigenvalue weighted by Gasteiger charge is 2.21. The lowest BCUT2D eigenvalue weighted by Gasteiger charge is -2.14. The van der Waals surface area contributed by atoms with Crippen LogP contribution in [0.25, 0.3) is 0 Å². The van der Waals surface area contributed by atoms with Gasteiger partial charge in [0.15, 0.2) is 0 Å². The molecule has 4 rings (SSSR count). The molecule has 3 aromatic rings. The van der Waals surface area contributed by atoms with Gasteiger partial charge in [0.05, 0.1) is 18.8 Å². The smallest absolute Gasteiger partial charge is 0.277 e. The summed E-state index contributed by atoms with van der Waals surface area (Å²) in [6, 6.07) is 14.5. The Morgan fingerprint density at radius 3 is 2.63 bits per heavy atom. The van der Waals surface area contributed by atoms with E-state index in [4.69, 9.17) is 0 Å². The zero-order valence-electron chi connectivity index (χ0n) is 14.9. The van der Waals surface area contributed by atoms with Crippen LogP contribution in [-0.4, -0.2) is 25.5 Å². The van der Waals surface area contributed by atoms with E-state index in [9.17, 15) is 9.59 Å². The number of rotatable bonds is 5. The molecule has 7 heteroatoms. The molecule has 27 heavy (non-hydrogen) atoms. The molecule has 0 aliphatic heterocycles. The van der Waals surface area contributed by atoms with Gasteiger partial charge in [0.25, 0.3) is 11.5 Å². The van der Waals surface area contributed by atoms with Gasteiger partial charge in [-0.3, -0.25) is 9.59 Å². The van der Waals surface area contributed by atoms with Crippen LogP contribution < -0.4 is 10.9 Å². The Balaban J connectivity index is 1.53. The Morgan fingerprint density at radius 2 is 1.85 bits per heavy atom. The average molecular weight is 363 g/mol. The lowest BCUT2D eigenvalue weighted by molar-refractivity contribution is 0.101. The van der Waals surface area contributed by atoms with Gasteiger partial charge in [0.2, 0.25) is 0 Å². The Kier molecular flexibility index (Phi) is 4.82. The van der Waals surface area contributed by atoms with Crippen molar-refractivity contribution >= 4 is 11.7 Å². The minimum absolute atomic E-state index is 0.199. The first-order valence-corrected chi connectivity index (χ1v) is 9.18. The Hall–Kier alpha value is -3.22. The van der Waals surface area contributed by atoms with E-state index in [2.05, 4.69) is 15.5 Å². The van der Waals surface area contributed by atoms with E-state index in [1.54, 1.807) is 12.3 Å². The van der Waals surface area contributed by atoms with Gasteiger partial charge in [-0.05, 0) is 24.5 Å². The number of carbonyl (C=O) groups is 1. The van der Waals surface area contributed by atoms with Crippen LogP contribution in [0.3, 0.4) is 0 Å². The van der Waals surface area contributed by atoms with Gasteiger partial charge < -0.3 is 5.32 Å². The summed E-state index contributed by atoms with van der Waals surface area (Å²) in [5, 5.41) is 11.5. The van der Waals surface area contributed by atoms with Gasteiger partial charge in [-0.1, -0.05) is 43.2 Å². The van der Waals surface area contributed by atoms with Gasteiger partial charge in [0.1, 0.15) is 11.5 Å². The summed E-state index contributed by atoms with van der Waals surface area (Å²) in [5.41, 5.74) is 0.903. The zero-order valence-corrected chi connectivity index (χ0v) is 14.9. The number of amides is 1. The van der Waals surface area contributed by atoms with Crippen LogP contribution in [0.1, 0.15) is 47.8 Å². The zero-order chi connectivity index (χ0) is 18.6. The molecule has 1 saturated carbocycles. The average Bonchev–Trinajstić information content (AvgIpc) is 3.36. The number of hydrogen-bond donors (Lipinski definition) is 1. The molecule has 1 aliphatic carbocycles. The van der Waals surface area contributed by atoms with E-state index >= 15 is 0 Å². The molecular formula is C20H21N5O2. The summed E-state index contributed by atoms with van der Waals surface area (Å²) in [7, 11) is 0. The van der Waals surface area contributed by atoms with Gasteiger partial charge in [0, 0.05) is 12.1 Å². The number of anilines is 1. The molecule has 1 N–H and O–H groups in total. The van der Waals surface area contributed by atoms with E-state index in [0.29, 0.717) is 18.4 Å². The molecule has 2 aromatic heterocycles. The molecular weight excluding hydrogens is 342 g/mol. The fraction of sp³-hybridized carbons (Fsp3) is 0.300. The highest BCUT2D eigenvalue weighted by atomic mass is 16.2. The quantitative estimate of drug-likeness (QED) is 0.756. The molecule has 0 spiro atoms. The second-order valence-corrected chi connectivity index (χ2v) is 6.75. The van der Waals surface area contributed by atoms with Crippen LogP contribution in [-0.2, 0) is 6.54 Å². The van der Waals surface area contributed by atoms with Crippen molar-refractivity contribution in [2.75, 3.05) is 5.32 Å². The molecule has 7 nitrogen and oxygen atoms in total. The van der Waals surface area contributed by atoms with Crippen molar-refractivity contribution in [2.24, 2.45) is 0 Å². The predicted octanol–water partition coefficient (Wildman–Crippen LogP) is 2.86.